The summed E-state index contributed by atoms with van der Waals surface area (Å²) in [6.07, 6.45) is 7.76. The van der Waals surface area contributed by atoms with Crippen molar-refractivity contribution in [2.24, 2.45) is 5.41 Å². The second-order valence-electron chi connectivity index (χ2n) is 7.61. The summed E-state index contributed by atoms with van der Waals surface area (Å²) in [6, 6.07) is 0. The average Bonchev–Trinajstić information content (AvgIpc) is 2.42. The Hall–Kier alpha value is -0.120. The second kappa shape index (κ2) is 8.35. The van der Waals surface area contributed by atoms with Crippen LogP contribution >= 0.6 is 0 Å². The fourth-order valence-electron chi connectivity index (χ4n) is 3.26. The lowest BCUT2D eigenvalue weighted by Crippen LogP contribution is -2.50. The van der Waals surface area contributed by atoms with Gasteiger partial charge in [-0.05, 0) is 52.0 Å². The number of hydrogen-bond donors (Lipinski definition) is 2. The topological polar surface area (TPSA) is 35.5 Å². The van der Waals surface area contributed by atoms with E-state index < -0.39 is 0 Å². The number of nitrogens with zero attached hydrogens (tertiary/aromatic N) is 1. The summed E-state index contributed by atoms with van der Waals surface area (Å²) in [5.74, 6) is 0. The summed E-state index contributed by atoms with van der Waals surface area (Å²) >= 11 is 0. The van der Waals surface area contributed by atoms with Gasteiger partial charge in [0, 0.05) is 31.8 Å². The fourth-order valence-corrected chi connectivity index (χ4v) is 3.26. The number of hydrogen-bond acceptors (Lipinski definition) is 3. The monoisotopic (exact) mass is 284 g/mol. The molecular formula is C17H36N2O. The van der Waals surface area contributed by atoms with Gasteiger partial charge in [0.05, 0.1) is 0 Å². The number of rotatable bonds is 8. The van der Waals surface area contributed by atoms with E-state index in [4.69, 9.17) is 5.11 Å². The molecule has 0 saturated heterocycles. The van der Waals surface area contributed by atoms with Crippen LogP contribution in [0.1, 0.15) is 66.2 Å². The van der Waals surface area contributed by atoms with E-state index in [9.17, 15) is 0 Å². The van der Waals surface area contributed by atoms with E-state index in [0.29, 0.717) is 12.0 Å². The Bertz CT molecular complexity index is 254. The fraction of sp³-hybridized carbons (Fsp3) is 1.00. The van der Waals surface area contributed by atoms with Gasteiger partial charge in [-0.2, -0.15) is 0 Å². The molecule has 0 spiro atoms. The van der Waals surface area contributed by atoms with E-state index in [0.717, 1.165) is 26.1 Å². The first-order valence-electron chi connectivity index (χ1n) is 8.49. The van der Waals surface area contributed by atoms with Crippen LogP contribution in [0, 0.1) is 5.41 Å². The molecule has 0 atom stereocenters. The number of aliphatic hydroxyl groups is 1. The summed E-state index contributed by atoms with van der Waals surface area (Å²) in [7, 11) is 0. The van der Waals surface area contributed by atoms with Crippen molar-refractivity contribution >= 4 is 0 Å². The summed E-state index contributed by atoms with van der Waals surface area (Å²) in [6.45, 7) is 13.8. The standard InChI is InChI=1S/C17H36N2O/c1-5-19(12-9-13-20)15-17(10-7-6-8-11-17)14-18-16(2,3)4/h18,20H,5-15H2,1-4H3. The van der Waals surface area contributed by atoms with Crippen molar-refractivity contribution in [1.29, 1.82) is 0 Å². The minimum atomic E-state index is 0.201. The van der Waals surface area contributed by atoms with Crippen LogP contribution in [0.25, 0.3) is 0 Å². The molecule has 120 valence electrons. The third kappa shape index (κ3) is 6.55. The van der Waals surface area contributed by atoms with Gasteiger partial charge in [0.2, 0.25) is 0 Å². The lowest BCUT2D eigenvalue weighted by molar-refractivity contribution is 0.0933. The molecule has 1 saturated carbocycles. The Morgan fingerprint density at radius 3 is 2.30 bits per heavy atom. The predicted molar refractivity (Wildman–Crippen MR) is 87.1 cm³/mol. The Labute approximate surface area is 126 Å². The molecule has 1 aliphatic carbocycles. The molecule has 0 aromatic heterocycles. The van der Waals surface area contributed by atoms with Gasteiger partial charge in [-0.1, -0.05) is 26.2 Å². The lowest BCUT2D eigenvalue weighted by Gasteiger charge is -2.43. The first-order valence-corrected chi connectivity index (χ1v) is 8.49. The molecule has 0 bridgehead atoms. The molecule has 2 N–H and O–H groups in total. The highest BCUT2D eigenvalue weighted by Crippen LogP contribution is 2.37. The van der Waals surface area contributed by atoms with Crippen molar-refractivity contribution < 1.29 is 5.11 Å². The molecule has 0 unspecified atom stereocenters. The average molecular weight is 284 g/mol. The van der Waals surface area contributed by atoms with Gasteiger partial charge in [0.15, 0.2) is 0 Å². The SMILES string of the molecule is CCN(CCCO)CC1(CNC(C)(C)C)CCCCC1. The zero-order chi connectivity index (χ0) is 15.1. The number of nitrogens with one attached hydrogen (secondary N) is 1. The normalized spacial score (nSPS) is 19.5. The van der Waals surface area contributed by atoms with Crippen molar-refractivity contribution in [3.05, 3.63) is 0 Å². The van der Waals surface area contributed by atoms with Gasteiger partial charge in [-0.15, -0.1) is 0 Å². The van der Waals surface area contributed by atoms with Crippen LogP contribution in [0.3, 0.4) is 0 Å². The third-order valence-corrected chi connectivity index (χ3v) is 4.55. The Morgan fingerprint density at radius 1 is 1.15 bits per heavy atom. The van der Waals surface area contributed by atoms with Crippen molar-refractivity contribution in [2.75, 3.05) is 32.8 Å². The predicted octanol–water partition coefficient (Wildman–Crippen LogP) is 3.03. The minimum absolute atomic E-state index is 0.201. The van der Waals surface area contributed by atoms with Crippen LogP contribution in [-0.4, -0.2) is 48.3 Å². The molecule has 3 nitrogen and oxygen atoms in total. The van der Waals surface area contributed by atoms with Gasteiger partial charge >= 0.3 is 0 Å². The minimum Gasteiger partial charge on any atom is -0.396 e. The largest absolute Gasteiger partial charge is 0.396 e. The van der Waals surface area contributed by atoms with E-state index >= 15 is 0 Å². The molecule has 1 fully saturated rings. The highest BCUT2D eigenvalue weighted by Gasteiger charge is 2.34. The van der Waals surface area contributed by atoms with Crippen molar-refractivity contribution in [3.8, 4) is 0 Å². The molecule has 0 amide bonds. The van der Waals surface area contributed by atoms with Gasteiger partial charge in [0.25, 0.3) is 0 Å². The summed E-state index contributed by atoms with van der Waals surface area (Å²) in [5, 5.41) is 12.8. The molecule has 3 heteroatoms. The summed E-state index contributed by atoms with van der Waals surface area (Å²) in [5.41, 5.74) is 0.642. The van der Waals surface area contributed by atoms with Gasteiger partial charge in [-0.3, -0.25) is 0 Å². The Kier molecular flexibility index (Phi) is 7.49. The van der Waals surface area contributed by atoms with Crippen LogP contribution in [0.5, 0.6) is 0 Å². The van der Waals surface area contributed by atoms with E-state index in [2.05, 4.69) is 37.9 Å². The number of aliphatic hydroxyl groups excluding tert-OH is 1. The van der Waals surface area contributed by atoms with Gasteiger partial charge in [0.1, 0.15) is 0 Å². The zero-order valence-corrected chi connectivity index (χ0v) is 14.2. The first-order chi connectivity index (χ1) is 9.41. The van der Waals surface area contributed by atoms with Crippen LogP contribution in [-0.2, 0) is 0 Å². The maximum atomic E-state index is 9.05. The molecule has 0 heterocycles. The second-order valence-corrected chi connectivity index (χ2v) is 7.61. The Balaban J connectivity index is 2.61. The maximum Gasteiger partial charge on any atom is 0.0443 e. The zero-order valence-electron chi connectivity index (χ0n) is 14.2. The van der Waals surface area contributed by atoms with Crippen molar-refractivity contribution in [2.45, 2.75) is 71.8 Å². The van der Waals surface area contributed by atoms with Crippen molar-refractivity contribution in [3.63, 3.8) is 0 Å². The van der Waals surface area contributed by atoms with Gasteiger partial charge < -0.3 is 15.3 Å². The molecule has 20 heavy (non-hydrogen) atoms. The van der Waals surface area contributed by atoms with Crippen molar-refractivity contribution in [1.82, 2.24) is 10.2 Å². The highest BCUT2D eigenvalue weighted by molar-refractivity contribution is 4.89. The van der Waals surface area contributed by atoms with Gasteiger partial charge in [-0.25, -0.2) is 0 Å². The van der Waals surface area contributed by atoms with E-state index in [1.807, 2.05) is 0 Å². The Morgan fingerprint density at radius 2 is 1.80 bits per heavy atom. The first kappa shape index (κ1) is 17.9. The van der Waals surface area contributed by atoms with Crippen LogP contribution in [0.4, 0.5) is 0 Å². The van der Waals surface area contributed by atoms with Crippen LogP contribution in [0.2, 0.25) is 0 Å². The molecule has 0 aromatic carbocycles. The molecule has 1 rings (SSSR count). The molecule has 0 radical (unpaired) electrons. The molecular weight excluding hydrogens is 248 g/mol. The lowest BCUT2D eigenvalue weighted by atomic mass is 9.73. The maximum absolute atomic E-state index is 9.05. The van der Waals surface area contributed by atoms with Crippen LogP contribution < -0.4 is 5.32 Å². The van der Waals surface area contributed by atoms with Crippen LogP contribution in [0.15, 0.2) is 0 Å². The third-order valence-electron chi connectivity index (χ3n) is 4.55. The quantitative estimate of drug-likeness (QED) is 0.719. The molecule has 0 aliphatic heterocycles. The highest BCUT2D eigenvalue weighted by atomic mass is 16.3. The smallest absolute Gasteiger partial charge is 0.0443 e. The van der Waals surface area contributed by atoms with E-state index in [1.54, 1.807) is 0 Å². The summed E-state index contributed by atoms with van der Waals surface area (Å²) in [4.78, 5) is 2.53. The van der Waals surface area contributed by atoms with E-state index in [-0.39, 0.29) is 5.54 Å². The molecule has 1 aliphatic rings. The molecule has 0 aromatic rings. The van der Waals surface area contributed by atoms with E-state index in [1.165, 1.54) is 38.6 Å². The summed E-state index contributed by atoms with van der Waals surface area (Å²) < 4.78 is 0.